The summed E-state index contributed by atoms with van der Waals surface area (Å²) in [6, 6.07) is 3.89. The minimum absolute atomic E-state index is 0.0725. The summed E-state index contributed by atoms with van der Waals surface area (Å²) in [7, 11) is 0. The molecule has 0 aromatic carbocycles. The first-order valence-electron chi connectivity index (χ1n) is 8.01. The maximum Gasteiger partial charge on any atom is 0.142 e. The number of furan rings is 1. The van der Waals surface area contributed by atoms with Crippen LogP contribution in [0.15, 0.2) is 22.8 Å². The number of carbonyl (C=O) groups excluding carboxylic acids is 1. The molecule has 3 heteroatoms. The number of fused-ring (bicyclic) bond motifs is 4. The van der Waals surface area contributed by atoms with Gasteiger partial charge in [0.25, 0.3) is 0 Å². The molecule has 4 rings (SSSR count). The molecular weight excluding hydrogens is 252 g/mol. The third kappa shape index (κ3) is 1.59. The highest BCUT2D eigenvalue weighted by atomic mass is 16.3. The molecular formula is C17H22O3. The van der Waals surface area contributed by atoms with Gasteiger partial charge in [0.05, 0.1) is 11.9 Å². The molecule has 3 aliphatic carbocycles. The molecule has 108 valence electrons. The molecule has 20 heavy (non-hydrogen) atoms. The van der Waals surface area contributed by atoms with Gasteiger partial charge in [0.15, 0.2) is 0 Å². The lowest BCUT2D eigenvalue weighted by atomic mass is 9.50. The van der Waals surface area contributed by atoms with Gasteiger partial charge in [-0.25, -0.2) is 0 Å². The number of hydrogen-bond donors (Lipinski definition) is 1. The Hall–Kier alpha value is -1.09. The zero-order valence-electron chi connectivity index (χ0n) is 11.8. The molecule has 3 aliphatic rings. The van der Waals surface area contributed by atoms with Crippen LogP contribution < -0.4 is 0 Å². The van der Waals surface area contributed by atoms with Crippen molar-refractivity contribution in [1.82, 2.24) is 0 Å². The summed E-state index contributed by atoms with van der Waals surface area (Å²) >= 11 is 0. The Balaban J connectivity index is 1.82. The molecule has 4 unspecified atom stereocenters. The molecule has 1 heterocycles. The maximum atomic E-state index is 12.8. The van der Waals surface area contributed by atoms with Gasteiger partial charge in [0.1, 0.15) is 11.5 Å². The van der Waals surface area contributed by atoms with Gasteiger partial charge in [-0.1, -0.05) is 19.3 Å². The van der Waals surface area contributed by atoms with Gasteiger partial charge in [0, 0.05) is 17.8 Å². The summed E-state index contributed by atoms with van der Waals surface area (Å²) in [5, 5.41) is 11.3. The van der Waals surface area contributed by atoms with Crippen LogP contribution >= 0.6 is 0 Å². The predicted molar refractivity (Wildman–Crippen MR) is 74.2 cm³/mol. The van der Waals surface area contributed by atoms with Crippen LogP contribution in [0.2, 0.25) is 0 Å². The average molecular weight is 274 g/mol. The minimum Gasteiger partial charge on any atom is -0.469 e. The van der Waals surface area contributed by atoms with Gasteiger partial charge < -0.3 is 9.52 Å². The monoisotopic (exact) mass is 274 g/mol. The molecule has 1 aromatic rings. The minimum atomic E-state index is -0.774. The van der Waals surface area contributed by atoms with E-state index < -0.39 is 5.60 Å². The maximum absolute atomic E-state index is 12.8. The standard InChI is InChI=1S/C17H22O3/c18-16-11-5-3-7-13(16)17(19)9-2-1-6-12(17)15(11)14-8-4-10-20-14/h4,8,10-13,15,19H,1-3,5-7,9H2/t11?,12?,13-,15?,17?/m1/s1. The van der Waals surface area contributed by atoms with Gasteiger partial charge in [-0.2, -0.15) is 0 Å². The Morgan fingerprint density at radius 1 is 1.20 bits per heavy atom. The van der Waals surface area contributed by atoms with Crippen LogP contribution in [0, 0.1) is 17.8 Å². The van der Waals surface area contributed by atoms with E-state index in [1.165, 1.54) is 0 Å². The number of Topliss-reactive ketones (excluding diaryl/α,β-unsaturated/α-hetero) is 1. The van der Waals surface area contributed by atoms with E-state index in [-0.39, 0.29) is 23.7 Å². The molecule has 5 atom stereocenters. The number of rotatable bonds is 1. The van der Waals surface area contributed by atoms with Gasteiger partial charge in [-0.3, -0.25) is 4.79 Å². The summed E-state index contributed by atoms with van der Waals surface area (Å²) in [6.45, 7) is 0. The largest absolute Gasteiger partial charge is 0.469 e. The second kappa shape index (κ2) is 4.45. The Kier molecular flexibility index (Phi) is 2.81. The van der Waals surface area contributed by atoms with E-state index in [0.29, 0.717) is 5.78 Å². The average Bonchev–Trinajstić information content (AvgIpc) is 2.95. The SMILES string of the molecule is O=C1C2CCC[C@H]1C1(O)CCCCC1C2c1ccco1. The molecule has 0 amide bonds. The highest BCUT2D eigenvalue weighted by Crippen LogP contribution is 2.58. The van der Waals surface area contributed by atoms with Crippen molar-refractivity contribution in [1.29, 1.82) is 0 Å². The van der Waals surface area contributed by atoms with E-state index >= 15 is 0 Å². The molecule has 3 nitrogen and oxygen atoms in total. The Morgan fingerprint density at radius 2 is 2.10 bits per heavy atom. The van der Waals surface area contributed by atoms with E-state index in [2.05, 4.69) is 0 Å². The molecule has 1 aromatic heterocycles. The summed E-state index contributed by atoms with van der Waals surface area (Å²) < 4.78 is 5.64. The first-order valence-corrected chi connectivity index (χ1v) is 8.01. The number of carbonyl (C=O) groups is 1. The topological polar surface area (TPSA) is 50.4 Å². The highest BCUT2D eigenvalue weighted by Gasteiger charge is 2.60. The normalized spacial score (nSPS) is 44.1. The fraction of sp³-hybridized carbons (Fsp3) is 0.706. The van der Waals surface area contributed by atoms with E-state index in [9.17, 15) is 9.90 Å². The zero-order valence-corrected chi connectivity index (χ0v) is 11.8. The summed E-state index contributed by atoms with van der Waals surface area (Å²) in [4.78, 5) is 12.8. The summed E-state index contributed by atoms with van der Waals surface area (Å²) in [5.74, 6) is 1.48. The van der Waals surface area contributed by atoms with Crippen LogP contribution in [-0.4, -0.2) is 16.5 Å². The van der Waals surface area contributed by atoms with E-state index in [1.807, 2.05) is 12.1 Å². The lowest BCUT2D eigenvalue weighted by molar-refractivity contribution is -0.174. The second-order valence-electron chi connectivity index (χ2n) is 6.88. The van der Waals surface area contributed by atoms with E-state index in [0.717, 1.165) is 50.7 Å². The zero-order chi connectivity index (χ0) is 13.7. The van der Waals surface area contributed by atoms with Crippen molar-refractivity contribution in [2.75, 3.05) is 0 Å². The van der Waals surface area contributed by atoms with E-state index in [4.69, 9.17) is 4.42 Å². The summed E-state index contributed by atoms with van der Waals surface area (Å²) in [6.07, 6.45) is 8.63. The molecule has 2 bridgehead atoms. The Bertz CT molecular complexity index is 506. The first-order chi connectivity index (χ1) is 9.72. The molecule has 0 saturated heterocycles. The fourth-order valence-electron chi connectivity index (χ4n) is 5.23. The van der Waals surface area contributed by atoms with Crippen molar-refractivity contribution >= 4 is 5.78 Å². The van der Waals surface area contributed by atoms with E-state index in [1.54, 1.807) is 6.26 Å². The lowest BCUT2D eigenvalue weighted by Gasteiger charge is -2.55. The van der Waals surface area contributed by atoms with Crippen LogP contribution in [0.4, 0.5) is 0 Å². The van der Waals surface area contributed by atoms with Crippen LogP contribution in [-0.2, 0) is 4.79 Å². The summed E-state index contributed by atoms with van der Waals surface area (Å²) in [5.41, 5.74) is -0.774. The van der Waals surface area contributed by atoms with Crippen molar-refractivity contribution in [3.63, 3.8) is 0 Å². The highest BCUT2D eigenvalue weighted by molar-refractivity contribution is 5.87. The fourth-order valence-corrected chi connectivity index (χ4v) is 5.23. The van der Waals surface area contributed by atoms with Crippen molar-refractivity contribution in [2.24, 2.45) is 17.8 Å². The van der Waals surface area contributed by atoms with Gasteiger partial charge in [-0.15, -0.1) is 0 Å². The third-order valence-electron chi connectivity index (χ3n) is 6.04. The molecule has 0 aliphatic heterocycles. The van der Waals surface area contributed by atoms with Crippen molar-refractivity contribution in [3.8, 4) is 0 Å². The van der Waals surface area contributed by atoms with Crippen LogP contribution in [0.5, 0.6) is 0 Å². The first kappa shape index (κ1) is 12.6. The van der Waals surface area contributed by atoms with Gasteiger partial charge in [0.2, 0.25) is 0 Å². The number of aliphatic hydroxyl groups is 1. The molecule has 3 fully saturated rings. The van der Waals surface area contributed by atoms with Crippen LogP contribution in [0.1, 0.15) is 56.6 Å². The van der Waals surface area contributed by atoms with Crippen molar-refractivity contribution < 1.29 is 14.3 Å². The molecule has 0 radical (unpaired) electrons. The van der Waals surface area contributed by atoms with Crippen LogP contribution in [0.25, 0.3) is 0 Å². The molecule has 1 N–H and O–H groups in total. The van der Waals surface area contributed by atoms with Crippen LogP contribution in [0.3, 0.4) is 0 Å². The lowest BCUT2D eigenvalue weighted by Crippen LogP contribution is -2.60. The predicted octanol–water partition coefficient (Wildman–Crippen LogP) is 3.28. The Morgan fingerprint density at radius 3 is 2.90 bits per heavy atom. The van der Waals surface area contributed by atoms with Gasteiger partial charge >= 0.3 is 0 Å². The van der Waals surface area contributed by atoms with Crippen molar-refractivity contribution in [2.45, 2.75) is 56.5 Å². The molecule has 0 spiro atoms. The van der Waals surface area contributed by atoms with Gasteiger partial charge in [-0.05, 0) is 43.7 Å². The molecule has 3 saturated carbocycles. The smallest absolute Gasteiger partial charge is 0.142 e. The Labute approximate surface area is 119 Å². The quantitative estimate of drug-likeness (QED) is 0.855. The number of hydrogen-bond acceptors (Lipinski definition) is 3. The second-order valence-corrected chi connectivity index (χ2v) is 6.88. The third-order valence-corrected chi connectivity index (χ3v) is 6.04. The van der Waals surface area contributed by atoms with Crippen molar-refractivity contribution in [3.05, 3.63) is 24.2 Å². The number of ketones is 1.